The summed E-state index contributed by atoms with van der Waals surface area (Å²) in [7, 11) is 1.85. The first-order chi connectivity index (χ1) is 7.77. The topological polar surface area (TPSA) is 48.0 Å². The number of carbonyl (C=O) groups is 1. The Balaban J connectivity index is 2.25. The molecule has 0 atom stereocenters. The maximum absolute atomic E-state index is 11.9. The molecule has 0 aliphatic heterocycles. The maximum atomic E-state index is 11.9. The summed E-state index contributed by atoms with van der Waals surface area (Å²) in [6.45, 7) is 0. The van der Waals surface area contributed by atoms with E-state index in [-0.39, 0.29) is 5.78 Å². The van der Waals surface area contributed by atoms with Gasteiger partial charge in [0.1, 0.15) is 5.69 Å². The van der Waals surface area contributed by atoms with Crippen LogP contribution in [0.5, 0.6) is 0 Å². The third kappa shape index (κ3) is 1.23. The van der Waals surface area contributed by atoms with Crippen molar-refractivity contribution < 1.29 is 9.21 Å². The zero-order valence-corrected chi connectivity index (χ0v) is 9.06. The van der Waals surface area contributed by atoms with Crippen LogP contribution in [0.1, 0.15) is 28.9 Å². The maximum Gasteiger partial charge on any atom is 0.167 e. The third-order valence-electron chi connectivity index (χ3n) is 2.97. The molecule has 0 fully saturated rings. The predicted molar refractivity (Wildman–Crippen MR) is 58.2 cm³/mol. The largest absolute Gasteiger partial charge is 0.463 e. The number of aryl methyl sites for hydroxylation is 2. The number of furan rings is 1. The zero-order chi connectivity index (χ0) is 11.1. The summed E-state index contributed by atoms with van der Waals surface area (Å²) >= 11 is 0. The Morgan fingerprint density at radius 1 is 1.44 bits per heavy atom. The number of rotatable bonds is 1. The van der Waals surface area contributed by atoms with Crippen LogP contribution in [-0.4, -0.2) is 15.6 Å². The Kier molecular flexibility index (Phi) is 1.96. The zero-order valence-electron chi connectivity index (χ0n) is 9.06. The van der Waals surface area contributed by atoms with Gasteiger partial charge in [0.15, 0.2) is 11.5 Å². The van der Waals surface area contributed by atoms with Crippen molar-refractivity contribution in [2.24, 2.45) is 7.05 Å². The molecule has 1 aliphatic rings. The lowest BCUT2D eigenvalue weighted by atomic mass is 9.94. The second-order valence-corrected chi connectivity index (χ2v) is 4.05. The van der Waals surface area contributed by atoms with Gasteiger partial charge < -0.3 is 4.42 Å². The van der Waals surface area contributed by atoms with Gasteiger partial charge in [0.25, 0.3) is 0 Å². The average Bonchev–Trinajstić information content (AvgIpc) is 2.84. The summed E-state index contributed by atoms with van der Waals surface area (Å²) < 4.78 is 7.10. The Morgan fingerprint density at radius 2 is 2.31 bits per heavy atom. The Labute approximate surface area is 92.9 Å². The molecule has 0 saturated heterocycles. The van der Waals surface area contributed by atoms with Crippen LogP contribution in [-0.2, 0) is 13.5 Å². The van der Waals surface area contributed by atoms with E-state index in [1.165, 1.54) is 0 Å². The molecule has 4 heteroatoms. The van der Waals surface area contributed by atoms with Crippen LogP contribution in [0, 0.1) is 0 Å². The van der Waals surface area contributed by atoms with Crippen LogP contribution in [0.3, 0.4) is 0 Å². The minimum atomic E-state index is 0.181. The van der Waals surface area contributed by atoms with Gasteiger partial charge in [0.2, 0.25) is 0 Å². The first-order valence-electron chi connectivity index (χ1n) is 5.40. The van der Waals surface area contributed by atoms with Crippen molar-refractivity contribution in [3.63, 3.8) is 0 Å². The monoisotopic (exact) mass is 216 g/mol. The number of hydrogen-bond acceptors (Lipinski definition) is 3. The fraction of sp³-hybridized carbons (Fsp3) is 0.333. The number of hydrogen-bond donors (Lipinski definition) is 0. The van der Waals surface area contributed by atoms with Gasteiger partial charge in [0, 0.05) is 13.5 Å². The number of ketones is 1. The van der Waals surface area contributed by atoms with Crippen molar-refractivity contribution in [3.8, 4) is 11.5 Å². The SMILES string of the molecule is Cn1nc2c(c1-c1ccco1)C(=O)CCC2. The molecule has 0 saturated carbocycles. The average molecular weight is 216 g/mol. The fourth-order valence-electron chi connectivity index (χ4n) is 2.28. The molecule has 2 aromatic rings. The van der Waals surface area contributed by atoms with Crippen molar-refractivity contribution in [1.82, 2.24) is 9.78 Å². The van der Waals surface area contributed by atoms with Crippen LogP contribution in [0.25, 0.3) is 11.5 Å². The molecule has 4 nitrogen and oxygen atoms in total. The molecule has 0 N–H and O–H groups in total. The Morgan fingerprint density at radius 3 is 3.06 bits per heavy atom. The van der Waals surface area contributed by atoms with E-state index in [0.29, 0.717) is 12.2 Å². The molecule has 0 aromatic carbocycles. The number of carbonyl (C=O) groups excluding carboxylic acids is 1. The van der Waals surface area contributed by atoms with E-state index in [4.69, 9.17) is 4.42 Å². The summed E-state index contributed by atoms with van der Waals surface area (Å²) in [5.41, 5.74) is 2.47. The first-order valence-corrected chi connectivity index (χ1v) is 5.40. The molecule has 3 rings (SSSR count). The minimum absolute atomic E-state index is 0.181. The molecule has 0 unspecified atom stereocenters. The van der Waals surface area contributed by atoms with E-state index < -0.39 is 0 Å². The number of fused-ring (bicyclic) bond motifs is 1. The molecular weight excluding hydrogens is 204 g/mol. The van der Waals surface area contributed by atoms with Crippen LogP contribution in [0.2, 0.25) is 0 Å². The van der Waals surface area contributed by atoms with Crippen LogP contribution < -0.4 is 0 Å². The van der Waals surface area contributed by atoms with Gasteiger partial charge in [-0.3, -0.25) is 9.48 Å². The minimum Gasteiger partial charge on any atom is -0.463 e. The Hall–Kier alpha value is -1.84. The molecule has 0 amide bonds. The highest BCUT2D eigenvalue weighted by molar-refractivity contribution is 6.03. The second-order valence-electron chi connectivity index (χ2n) is 4.05. The number of Topliss-reactive ketones (excluding diaryl/α,β-unsaturated/α-hetero) is 1. The first kappa shape index (κ1) is 9.39. The van der Waals surface area contributed by atoms with E-state index in [9.17, 15) is 4.79 Å². The number of nitrogens with zero attached hydrogens (tertiary/aromatic N) is 2. The lowest BCUT2D eigenvalue weighted by Gasteiger charge is -2.08. The van der Waals surface area contributed by atoms with E-state index in [2.05, 4.69) is 5.10 Å². The van der Waals surface area contributed by atoms with E-state index in [0.717, 1.165) is 29.8 Å². The Bertz CT molecular complexity index is 538. The number of aromatic nitrogens is 2. The van der Waals surface area contributed by atoms with Crippen molar-refractivity contribution in [2.45, 2.75) is 19.3 Å². The van der Waals surface area contributed by atoms with Crippen molar-refractivity contribution in [2.75, 3.05) is 0 Å². The quantitative estimate of drug-likeness (QED) is 0.734. The van der Waals surface area contributed by atoms with Crippen LogP contribution in [0.15, 0.2) is 22.8 Å². The fourth-order valence-corrected chi connectivity index (χ4v) is 2.28. The molecule has 0 radical (unpaired) electrons. The molecular formula is C12H12N2O2. The second kappa shape index (κ2) is 3.33. The smallest absolute Gasteiger partial charge is 0.167 e. The molecule has 2 aromatic heterocycles. The van der Waals surface area contributed by atoms with Crippen LogP contribution >= 0.6 is 0 Å². The van der Waals surface area contributed by atoms with Gasteiger partial charge in [-0.1, -0.05) is 0 Å². The summed E-state index contributed by atoms with van der Waals surface area (Å²) in [6, 6.07) is 3.68. The highest BCUT2D eigenvalue weighted by atomic mass is 16.3. The van der Waals surface area contributed by atoms with Gasteiger partial charge in [-0.2, -0.15) is 5.10 Å². The van der Waals surface area contributed by atoms with E-state index in [1.54, 1.807) is 10.9 Å². The lowest BCUT2D eigenvalue weighted by molar-refractivity contribution is 0.0973. The molecule has 0 bridgehead atoms. The van der Waals surface area contributed by atoms with Crippen LogP contribution in [0.4, 0.5) is 0 Å². The summed E-state index contributed by atoms with van der Waals surface area (Å²) in [4.78, 5) is 11.9. The normalized spacial score (nSPS) is 15.2. The molecule has 16 heavy (non-hydrogen) atoms. The predicted octanol–water partition coefficient (Wildman–Crippen LogP) is 2.20. The third-order valence-corrected chi connectivity index (χ3v) is 2.97. The lowest BCUT2D eigenvalue weighted by Crippen LogP contribution is -2.09. The standard InChI is InChI=1S/C12H12N2O2/c1-14-12(10-6-3-7-16-10)11-8(13-14)4-2-5-9(11)15/h3,6-7H,2,4-5H2,1H3. The van der Waals surface area contributed by atoms with Crippen molar-refractivity contribution in [1.29, 1.82) is 0 Å². The van der Waals surface area contributed by atoms with Gasteiger partial charge in [-0.25, -0.2) is 0 Å². The van der Waals surface area contributed by atoms with E-state index >= 15 is 0 Å². The summed E-state index contributed by atoms with van der Waals surface area (Å²) in [6.07, 6.45) is 4.02. The molecule has 0 spiro atoms. The highest BCUT2D eigenvalue weighted by Gasteiger charge is 2.27. The summed E-state index contributed by atoms with van der Waals surface area (Å²) in [5.74, 6) is 0.896. The molecule has 82 valence electrons. The van der Waals surface area contributed by atoms with Gasteiger partial charge >= 0.3 is 0 Å². The molecule has 1 aliphatic carbocycles. The van der Waals surface area contributed by atoms with E-state index in [1.807, 2.05) is 19.2 Å². The van der Waals surface area contributed by atoms with Crippen molar-refractivity contribution >= 4 is 5.78 Å². The molecule has 2 heterocycles. The van der Waals surface area contributed by atoms with Gasteiger partial charge in [0.05, 0.1) is 17.5 Å². The summed E-state index contributed by atoms with van der Waals surface area (Å²) in [5, 5.41) is 4.39. The van der Waals surface area contributed by atoms with Gasteiger partial charge in [-0.15, -0.1) is 0 Å². The highest BCUT2D eigenvalue weighted by Crippen LogP contribution is 2.31. The van der Waals surface area contributed by atoms with Crippen molar-refractivity contribution in [3.05, 3.63) is 29.7 Å². The van der Waals surface area contributed by atoms with Gasteiger partial charge in [-0.05, 0) is 25.0 Å².